The van der Waals surface area contributed by atoms with E-state index in [1.165, 1.54) is 12.3 Å². The largest absolute Gasteiger partial charge is 0.493 e. The Morgan fingerprint density at radius 1 is 1.71 bits per heavy atom. The molecular formula is C4H5ClO2. The molecule has 1 aliphatic heterocycles. The number of carbonyl (C=O) groups excluding carboxylic acids is 1. The van der Waals surface area contributed by atoms with E-state index in [1.807, 2.05) is 0 Å². The highest BCUT2D eigenvalue weighted by Crippen LogP contribution is 1.89. The Morgan fingerprint density at radius 2 is 2.43 bits per heavy atom. The molecular weight excluding hydrogens is 115 g/mol. The van der Waals surface area contributed by atoms with Crippen LogP contribution in [0, 0.1) is 0 Å². The molecule has 0 saturated carbocycles. The van der Waals surface area contributed by atoms with E-state index in [2.05, 4.69) is 4.74 Å². The fourth-order valence-electron chi connectivity index (χ4n) is 0.302. The van der Waals surface area contributed by atoms with Gasteiger partial charge in [0.2, 0.25) is 0 Å². The van der Waals surface area contributed by atoms with Crippen molar-refractivity contribution in [3.8, 4) is 0 Å². The molecule has 0 aromatic rings. The van der Waals surface area contributed by atoms with Crippen molar-refractivity contribution in [1.29, 1.82) is 0 Å². The van der Waals surface area contributed by atoms with Crippen LogP contribution in [0.4, 0.5) is 0 Å². The monoisotopic (exact) mass is 120 g/mol. The van der Waals surface area contributed by atoms with Crippen molar-refractivity contribution >= 4 is 18.2 Å². The van der Waals surface area contributed by atoms with Crippen molar-refractivity contribution in [1.82, 2.24) is 0 Å². The van der Waals surface area contributed by atoms with Gasteiger partial charge >= 0.3 is 0 Å². The SMILES string of the molecule is Cl.O=C1C=COC1. The van der Waals surface area contributed by atoms with Gasteiger partial charge in [-0.25, -0.2) is 0 Å². The average molecular weight is 121 g/mol. The number of ketones is 1. The second kappa shape index (κ2) is 2.64. The van der Waals surface area contributed by atoms with Crippen molar-refractivity contribution < 1.29 is 9.53 Å². The molecule has 1 heterocycles. The van der Waals surface area contributed by atoms with Gasteiger partial charge in [-0.2, -0.15) is 0 Å². The number of hydrogen-bond acceptors (Lipinski definition) is 2. The van der Waals surface area contributed by atoms with Gasteiger partial charge in [0.05, 0.1) is 6.26 Å². The van der Waals surface area contributed by atoms with Crippen molar-refractivity contribution in [3.63, 3.8) is 0 Å². The van der Waals surface area contributed by atoms with Gasteiger partial charge < -0.3 is 4.74 Å². The minimum Gasteiger partial charge on any atom is -0.493 e. The molecule has 0 spiro atoms. The maximum atomic E-state index is 10.0. The van der Waals surface area contributed by atoms with E-state index in [4.69, 9.17) is 0 Å². The second-order valence-electron chi connectivity index (χ2n) is 1.08. The first kappa shape index (κ1) is 6.50. The average Bonchev–Trinajstić information content (AvgIpc) is 1.86. The number of carbonyl (C=O) groups is 1. The highest BCUT2D eigenvalue weighted by molar-refractivity contribution is 5.92. The summed E-state index contributed by atoms with van der Waals surface area (Å²) >= 11 is 0. The first-order valence-corrected chi connectivity index (χ1v) is 1.70. The van der Waals surface area contributed by atoms with Crippen LogP contribution in [0.1, 0.15) is 0 Å². The van der Waals surface area contributed by atoms with Crippen molar-refractivity contribution in [2.75, 3.05) is 6.61 Å². The second-order valence-corrected chi connectivity index (χ2v) is 1.08. The summed E-state index contributed by atoms with van der Waals surface area (Å²) in [5.41, 5.74) is 0. The first-order chi connectivity index (χ1) is 2.89. The van der Waals surface area contributed by atoms with E-state index in [0.29, 0.717) is 0 Å². The van der Waals surface area contributed by atoms with Gasteiger partial charge in [0.25, 0.3) is 0 Å². The summed E-state index contributed by atoms with van der Waals surface area (Å²) in [5, 5.41) is 0. The first-order valence-electron chi connectivity index (χ1n) is 1.70. The van der Waals surface area contributed by atoms with Gasteiger partial charge in [-0.15, -0.1) is 12.4 Å². The van der Waals surface area contributed by atoms with E-state index < -0.39 is 0 Å². The molecule has 0 unspecified atom stereocenters. The number of hydrogen-bond donors (Lipinski definition) is 0. The molecule has 0 aromatic heterocycles. The Hall–Kier alpha value is -0.500. The predicted molar refractivity (Wildman–Crippen MR) is 27.3 cm³/mol. The van der Waals surface area contributed by atoms with E-state index in [1.54, 1.807) is 0 Å². The Balaban J connectivity index is 0.000000360. The summed E-state index contributed by atoms with van der Waals surface area (Å²) in [5.74, 6) is 0.0509. The van der Waals surface area contributed by atoms with Crippen LogP contribution in [-0.4, -0.2) is 12.4 Å². The molecule has 0 N–H and O–H groups in total. The molecule has 7 heavy (non-hydrogen) atoms. The molecule has 1 aliphatic rings. The fraction of sp³-hybridized carbons (Fsp3) is 0.250. The third-order valence-corrected chi connectivity index (χ3v) is 0.576. The highest BCUT2D eigenvalue weighted by Gasteiger charge is 1.99. The van der Waals surface area contributed by atoms with Crippen LogP contribution < -0.4 is 0 Å². The third-order valence-electron chi connectivity index (χ3n) is 0.576. The molecule has 0 aliphatic carbocycles. The summed E-state index contributed by atoms with van der Waals surface area (Å²) in [6, 6.07) is 0. The Bertz CT molecular complexity index is 97.9. The summed E-state index contributed by atoms with van der Waals surface area (Å²) in [6.07, 6.45) is 2.82. The molecule has 3 heteroatoms. The number of rotatable bonds is 0. The number of halogens is 1. The number of ether oxygens (including phenoxy) is 1. The van der Waals surface area contributed by atoms with Gasteiger partial charge in [-0.05, 0) is 0 Å². The molecule has 0 aromatic carbocycles. The van der Waals surface area contributed by atoms with Crippen LogP contribution in [0.15, 0.2) is 12.3 Å². The summed E-state index contributed by atoms with van der Waals surface area (Å²) in [4.78, 5) is 10.0. The lowest BCUT2D eigenvalue weighted by molar-refractivity contribution is -0.115. The van der Waals surface area contributed by atoms with Crippen molar-refractivity contribution in [2.45, 2.75) is 0 Å². The van der Waals surface area contributed by atoms with Crippen LogP contribution in [0.5, 0.6) is 0 Å². The predicted octanol–water partition coefficient (Wildman–Crippen LogP) is 0.521. The quantitative estimate of drug-likeness (QED) is 0.466. The Morgan fingerprint density at radius 3 is 2.57 bits per heavy atom. The van der Waals surface area contributed by atoms with E-state index >= 15 is 0 Å². The minimum atomic E-state index is 0. The van der Waals surface area contributed by atoms with Crippen LogP contribution in [0.3, 0.4) is 0 Å². The smallest absolute Gasteiger partial charge is 0.196 e. The summed E-state index contributed by atoms with van der Waals surface area (Å²) in [7, 11) is 0. The molecule has 0 atom stereocenters. The molecule has 2 nitrogen and oxygen atoms in total. The zero-order chi connectivity index (χ0) is 4.41. The lowest BCUT2D eigenvalue weighted by Gasteiger charge is -1.79. The molecule has 0 saturated heterocycles. The van der Waals surface area contributed by atoms with Crippen LogP contribution >= 0.6 is 12.4 Å². The van der Waals surface area contributed by atoms with Gasteiger partial charge in [0, 0.05) is 6.08 Å². The van der Waals surface area contributed by atoms with Gasteiger partial charge in [0.15, 0.2) is 5.78 Å². The maximum absolute atomic E-state index is 10.0. The Kier molecular flexibility index (Phi) is 2.45. The van der Waals surface area contributed by atoms with Gasteiger partial charge in [0.1, 0.15) is 6.61 Å². The normalized spacial score (nSPS) is 15.7. The van der Waals surface area contributed by atoms with Gasteiger partial charge in [-0.1, -0.05) is 0 Å². The van der Waals surface area contributed by atoms with Crippen LogP contribution in [0.25, 0.3) is 0 Å². The highest BCUT2D eigenvalue weighted by atomic mass is 35.5. The summed E-state index contributed by atoms with van der Waals surface area (Å²) < 4.78 is 4.53. The van der Waals surface area contributed by atoms with E-state index in [-0.39, 0.29) is 24.8 Å². The van der Waals surface area contributed by atoms with Gasteiger partial charge in [-0.3, -0.25) is 4.79 Å². The topological polar surface area (TPSA) is 26.3 Å². The molecule has 1 rings (SSSR count). The Labute approximate surface area is 47.6 Å². The minimum absolute atomic E-state index is 0. The maximum Gasteiger partial charge on any atom is 0.196 e. The standard InChI is InChI=1S/C4H4O2.ClH/c5-4-1-2-6-3-4;/h1-2H,3H2;1H. The van der Waals surface area contributed by atoms with Crippen molar-refractivity contribution in [2.24, 2.45) is 0 Å². The van der Waals surface area contributed by atoms with E-state index in [0.717, 1.165) is 0 Å². The molecule has 0 amide bonds. The van der Waals surface area contributed by atoms with E-state index in [9.17, 15) is 4.79 Å². The molecule has 0 radical (unpaired) electrons. The lowest BCUT2D eigenvalue weighted by atomic mass is 10.5. The molecule has 40 valence electrons. The summed E-state index contributed by atoms with van der Waals surface area (Å²) in [6.45, 7) is 0.236. The molecule has 0 bridgehead atoms. The van der Waals surface area contributed by atoms with Crippen LogP contribution in [-0.2, 0) is 9.53 Å². The zero-order valence-corrected chi connectivity index (χ0v) is 4.40. The lowest BCUT2D eigenvalue weighted by Crippen LogP contribution is -1.91. The zero-order valence-electron chi connectivity index (χ0n) is 3.59. The van der Waals surface area contributed by atoms with Crippen LogP contribution in [0.2, 0.25) is 0 Å². The molecule has 0 fully saturated rings. The van der Waals surface area contributed by atoms with Crippen molar-refractivity contribution in [3.05, 3.63) is 12.3 Å². The third kappa shape index (κ3) is 1.59. The fourth-order valence-corrected chi connectivity index (χ4v) is 0.302.